The van der Waals surface area contributed by atoms with Crippen LogP contribution in [0.25, 0.3) is 0 Å². The molecular formula is C12H19BrF2N2OS. The molecule has 1 fully saturated rings. The summed E-state index contributed by atoms with van der Waals surface area (Å²) in [5, 5.41) is 7.84. The highest BCUT2D eigenvalue weighted by Gasteiger charge is 2.35. The van der Waals surface area contributed by atoms with Crippen LogP contribution < -0.4 is 4.80 Å². The third-order valence-corrected chi connectivity index (χ3v) is 4.52. The fourth-order valence-electron chi connectivity index (χ4n) is 2.28. The molecule has 0 bridgehead atoms. The lowest BCUT2D eigenvalue weighted by atomic mass is 9.86. The van der Waals surface area contributed by atoms with Gasteiger partial charge in [0.2, 0.25) is 5.92 Å². The van der Waals surface area contributed by atoms with E-state index in [1.807, 2.05) is 10.8 Å². The molecule has 1 aromatic rings. The molecule has 1 aliphatic carbocycles. The van der Waals surface area contributed by atoms with Gasteiger partial charge < -0.3 is 9.30 Å². The second kappa shape index (κ2) is 6.95. The van der Waals surface area contributed by atoms with Crippen molar-refractivity contribution in [2.45, 2.75) is 44.1 Å². The van der Waals surface area contributed by atoms with Gasteiger partial charge in [0.25, 0.3) is 0 Å². The molecule has 0 saturated heterocycles. The largest absolute Gasteiger partial charge is 0.383 e. The number of rotatable bonds is 4. The number of aromatic nitrogens is 1. The molecule has 110 valence electrons. The van der Waals surface area contributed by atoms with Crippen molar-refractivity contribution in [3.8, 4) is 0 Å². The first-order valence-corrected chi connectivity index (χ1v) is 6.95. The van der Waals surface area contributed by atoms with E-state index in [1.165, 1.54) is 11.3 Å². The topological polar surface area (TPSA) is 38.0 Å². The Hall–Kier alpha value is -0.270. The highest BCUT2D eigenvalue weighted by molar-refractivity contribution is 8.93. The van der Waals surface area contributed by atoms with Crippen LogP contribution in [0.5, 0.6) is 0 Å². The number of thiazole rings is 1. The molecule has 0 amide bonds. The van der Waals surface area contributed by atoms with Gasteiger partial charge in [-0.3, -0.25) is 5.41 Å². The summed E-state index contributed by atoms with van der Waals surface area (Å²) in [6, 6.07) is 0. The Morgan fingerprint density at radius 2 is 2.11 bits per heavy atom. The first kappa shape index (κ1) is 16.8. The van der Waals surface area contributed by atoms with Crippen molar-refractivity contribution in [3.63, 3.8) is 0 Å². The van der Waals surface area contributed by atoms with Gasteiger partial charge in [-0.2, -0.15) is 0 Å². The van der Waals surface area contributed by atoms with Gasteiger partial charge >= 0.3 is 0 Å². The minimum absolute atomic E-state index is 0. The maximum absolute atomic E-state index is 13.1. The van der Waals surface area contributed by atoms with Gasteiger partial charge in [-0.25, -0.2) is 8.78 Å². The van der Waals surface area contributed by atoms with E-state index in [0.29, 0.717) is 30.8 Å². The van der Waals surface area contributed by atoms with Crippen molar-refractivity contribution in [2.24, 2.45) is 0 Å². The number of halogens is 3. The molecule has 1 heterocycles. The molecule has 1 saturated carbocycles. The fraction of sp³-hybridized carbons (Fsp3) is 0.750. The highest BCUT2D eigenvalue weighted by Crippen LogP contribution is 2.41. The van der Waals surface area contributed by atoms with E-state index < -0.39 is 5.92 Å². The minimum Gasteiger partial charge on any atom is -0.383 e. The van der Waals surface area contributed by atoms with Crippen molar-refractivity contribution in [1.82, 2.24) is 4.57 Å². The number of hydrogen-bond acceptors (Lipinski definition) is 3. The summed E-state index contributed by atoms with van der Waals surface area (Å²) in [6.45, 7) is 1.21. The predicted octanol–water partition coefficient (Wildman–Crippen LogP) is 3.55. The molecule has 2 rings (SSSR count). The number of nitrogens with one attached hydrogen (secondary N) is 1. The average Bonchev–Trinajstić information content (AvgIpc) is 2.68. The predicted molar refractivity (Wildman–Crippen MR) is 76.5 cm³/mol. The summed E-state index contributed by atoms with van der Waals surface area (Å²) >= 11 is 1.40. The molecular weight excluding hydrogens is 338 g/mol. The molecule has 0 radical (unpaired) electrons. The van der Waals surface area contributed by atoms with Crippen molar-refractivity contribution in [2.75, 3.05) is 13.7 Å². The molecule has 0 aromatic carbocycles. The van der Waals surface area contributed by atoms with Crippen LogP contribution in [0.3, 0.4) is 0 Å². The van der Waals surface area contributed by atoms with Gasteiger partial charge in [-0.15, -0.1) is 28.3 Å². The van der Waals surface area contributed by atoms with Gasteiger partial charge in [-0.1, -0.05) is 0 Å². The van der Waals surface area contributed by atoms with Crippen LogP contribution >= 0.6 is 28.3 Å². The minimum atomic E-state index is -2.48. The second-order valence-corrected chi connectivity index (χ2v) is 5.82. The SMILES string of the molecule is Br.COCCn1cc(C2CCC(F)(F)CC2)sc1=N. The summed E-state index contributed by atoms with van der Waals surface area (Å²) in [4.78, 5) is 1.53. The molecule has 1 aromatic heterocycles. The van der Waals surface area contributed by atoms with Crippen molar-refractivity contribution in [3.05, 3.63) is 15.9 Å². The number of ether oxygens (including phenoxy) is 1. The quantitative estimate of drug-likeness (QED) is 0.879. The molecule has 1 N–H and O–H groups in total. The van der Waals surface area contributed by atoms with Crippen molar-refractivity contribution in [1.29, 1.82) is 5.41 Å². The summed E-state index contributed by atoms with van der Waals surface area (Å²) in [5.74, 6) is -2.29. The molecule has 1 aliphatic rings. The van der Waals surface area contributed by atoms with E-state index in [9.17, 15) is 8.78 Å². The standard InChI is InChI=1S/C12H18F2N2OS.BrH/c1-17-7-6-16-8-10(18-11(16)15)9-2-4-12(13,14)5-3-9;/h8-9,15H,2-7H2,1H3;1H. The second-order valence-electron chi connectivity index (χ2n) is 4.76. The van der Waals surface area contributed by atoms with Gasteiger partial charge in [-0.05, 0) is 18.8 Å². The zero-order valence-electron chi connectivity index (χ0n) is 10.8. The van der Waals surface area contributed by atoms with Crippen LogP contribution in [0.4, 0.5) is 8.78 Å². The Kier molecular flexibility index (Phi) is 6.14. The molecule has 7 heteroatoms. The summed E-state index contributed by atoms with van der Waals surface area (Å²) in [5.41, 5.74) is 0. The maximum Gasteiger partial charge on any atom is 0.248 e. The van der Waals surface area contributed by atoms with E-state index >= 15 is 0 Å². The molecule has 0 aliphatic heterocycles. The van der Waals surface area contributed by atoms with Crippen LogP contribution in [-0.2, 0) is 11.3 Å². The lowest BCUT2D eigenvalue weighted by Gasteiger charge is -2.27. The van der Waals surface area contributed by atoms with Gasteiger partial charge in [0, 0.05) is 37.6 Å². The van der Waals surface area contributed by atoms with Crippen molar-refractivity contribution >= 4 is 28.3 Å². The van der Waals surface area contributed by atoms with Gasteiger partial charge in [0.05, 0.1) is 6.61 Å². The van der Waals surface area contributed by atoms with E-state index in [2.05, 4.69) is 0 Å². The Labute approximate surface area is 125 Å². The highest BCUT2D eigenvalue weighted by atomic mass is 79.9. The fourth-order valence-corrected chi connectivity index (χ4v) is 3.34. The van der Waals surface area contributed by atoms with Gasteiger partial charge in [0.15, 0.2) is 4.80 Å². The summed E-state index contributed by atoms with van der Waals surface area (Å²) in [6.07, 6.45) is 2.93. The Morgan fingerprint density at radius 1 is 1.47 bits per heavy atom. The zero-order valence-corrected chi connectivity index (χ0v) is 13.4. The lowest BCUT2D eigenvalue weighted by molar-refractivity contribution is -0.0380. The molecule has 19 heavy (non-hydrogen) atoms. The summed E-state index contributed by atoms with van der Waals surface area (Å²) < 4.78 is 33.0. The Bertz CT molecular complexity index is 451. The number of hydrogen-bond donors (Lipinski definition) is 1. The smallest absolute Gasteiger partial charge is 0.248 e. The molecule has 0 spiro atoms. The van der Waals surface area contributed by atoms with Crippen LogP contribution in [0, 0.1) is 5.41 Å². The molecule has 0 atom stereocenters. The summed E-state index contributed by atoms with van der Waals surface area (Å²) in [7, 11) is 1.63. The number of methoxy groups -OCH3 is 1. The molecule has 3 nitrogen and oxygen atoms in total. The third-order valence-electron chi connectivity index (χ3n) is 3.41. The van der Waals surface area contributed by atoms with Crippen LogP contribution in [0.2, 0.25) is 0 Å². The monoisotopic (exact) mass is 356 g/mol. The van der Waals surface area contributed by atoms with E-state index in [1.54, 1.807) is 7.11 Å². The van der Waals surface area contributed by atoms with Gasteiger partial charge in [0.1, 0.15) is 0 Å². The van der Waals surface area contributed by atoms with Crippen LogP contribution in [0.15, 0.2) is 6.20 Å². The van der Waals surface area contributed by atoms with E-state index in [0.717, 1.165) is 4.88 Å². The number of alkyl halides is 2. The third kappa shape index (κ3) is 4.36. The molecule has 0 unspecified atom stereocenters. The zero-order chi connectivity index (χ0) is 13.2. The van der Waals surface area contributed by atoms with Crippen LogP contribution in [0.1, 0.15) is 36.5 Å². The van der Waals surface area contributed by atoms with Crippen molar-refractivity contribution < 1.29 is 13.5 Å². The first-order valence-electron chi connectivity index (χ1n) is 6.13. The average molecular weight is 357 g/mol. The van der Waals surface area contributed by atoms with E-state index in [-0.39, 0.29) is 35.7 Å². The normalized spacial score (nSPS) is 19.1. The lowest BCUT2D eigenvalue weighted by Crippen LogP contribution is -2.23. The van der Waals surface area contributed by atoms with Crippen LogP contribution in [-0.4, -0.2) is 24.2 Å². The Morgan fingerprint density at radius 3 is 2.68 bits per heavy atom. The maximum atomic E-state index is 13.1. The Balaban J connectivity index is 0.00000180. The number of nitrogens with zero attached hydrogens (tertiary/aromatic N) is 1. The first-order chi connectivity index (χ1) is 8.52. The van der Waals surface area contributed by atoms with E-state index in [4.69, 9.17) is 10.1 Å².